The van der Waals surface area contributed by atoms with Crippen LogP contribution in [0.25, 0.3) is 21.2 Å². The van der Waals surface area contributed by atoms with Crippen molar-refractivity contribution in [2.75, 3.05) is 18.4 Å². The maximum Gasteiger partial charge on any atom is 0.349 e. The van der Waals surface area contributed by atoms with Gasteiger partial charge in [-0.1, -0.05) is 43.4 Å². The number of anilines is 1. The third kappa shape index (κ3) is 3.97. The number of hydrogen-bond acceptors (Lipinski definition) is 7. The molecule has 8 nitrogen and oxygen atoms in total. The Hall–Kier alpha value is -3.08. The molecule has 0 aliphatic carbocycles. The lowest BCUT2D eigenvalue weighted by molar-refractivity contribution is 0.102. The largest absolute Gasteiger partial charge is 0.422 e. The van der Waals surface area contributed by atoms with E-state index in [9.17, 15) is 18.0 Å². The summed E-state index contributed by atoms with van der Waals surface area (Å²) in [4.78, 5) is 29.3. The number of thiazole rings is 1. The Morgan fingerprint density at radius 3 is 2.61 bits per heavy atom. The minimum Gasteiger partial charge on any atom is -0.422 e. The lowest BCUT2D eigenvalue weighted by atomic mass is 10.2. The summed E-state index contributed by atoms with van der Waals surface area (Å²) < 4.78 is 32.7. The van der Waals surface area contributed by atoms with Crippen LogP contribution in [0.2, 0.25) is 0 Å². The average molecular weight is 458 g/mol. The van der Waals surface area contributed by atoms with Gasteiger partial charge in [-0.2, -0.15) is 4.31 Å². The van der Waals surface area contributed by atoms with Gasteiger partial charge in [0.25, 0.3) is 5.91 Å². The van der Waals surface area contributed by atoms with Gasteiger partial charge in [-0.05, 0) is 30.3 Å². The number of benzene rings is 2. The van der Waals surface area contributed by atoms with Crippen LogP contribution >= 0.6 is 11.3 Å². The van der Waals surface area contributed by atoms with Crippen molar-refractivity contribution in [3.05, 3.63) is 64.5 Å². The molecular formula is C21H19N3O5S2. The molecule has 0 aliphatic heterocycles. The lowest BCUT2D eigenvalue weighted by Gasteiger charge is -2.18. The number of nitrogens with zero attached hydrogens (tertiary/aromatic N) is 2. The molecule has 1 N–H and O–H groups in total. The molecule has 0 radical (unpaired) electrons. The standard InChI is InChI=1S/C21H19N3O5S2/c1-3-24(4-2)31(27,28)14-9-10-16-18(12-14)30-21(22-16)23-19(25)15-11-13-7-5-6-8-17(13)29-20(15)26/h5-12H,3-4H2,1-2H3,(H,22,23,25). The molecule has 31 heavy (non-hydrogen) atoms. The Morgan fingerprint density at radius 2 is 1.87 bits per heavy atom. The van der Waals surface area contributed by atoms with E-state index in [0.717, 1.165) is 11.3 Å². The Bertz CT molecular complexity index is 1450. The first kappa shape index (κ1) is 21.2. The van der Waals surface area contributed by atoms with Crippen LogP contribution in [0.3, 0.4) is 0 Å². The molecule has 0 bridgehead atoms. The summed E-state index contributed by atoms with van der Waals surface area (Å²) in [5.41, 5.74) is 0.0583. The van der Waals surface area contributed by atoms with Crippen molar-refractivity contribution in [1.82, 2.24) is 9.29 Å². The van der Waals surface area contributed by atoms with E-state index in [2.05, 4.69) is 10.3 Å². The van der Waals surface area contributed by atoms with E-state index in [-0.39, 0.29) is 15.6 Å². The molecular weight excluding hydrogens is 438 g/mol. The van der Waals surface area contributed by atoms with Gasteiger partial charge in [0.05, 0.1) is 15.1 Å². The molecule has 4 aromatic rings. The third-order valence-electron chi connectivity index (χ3n) is 4.81. The van der Waals surface area contributed by atoms with Gasteiger partial charge < -0.3 is 4.42 Å². The molecule has 0 saturated carbocycles. The van der Waals surface area contributed by atoms with Crippen molar-refractivity contribution < 1.29 is 17.6 Å². The molecule has 2 aromatic carbocycles. The lowest BCUT2D eigenvalue weighted by Crippen LogP contribution is -2.30. The molecule has 0 unspecified atom stereocenters. The number of amides is 1. The summed E-state index contributed by atoms with van der Waals surface area (Å²) in [5, 5.41) is 3.49. The van der Waals surface area contributed by atoms with E-state index < -0.39 is 21.6 Å². The SMILES string of the molecule is CCN(CC)S(=O)(=O)c1ccc2nc(NC(=O)c3cc4ccccc4oc3=O)sc2c1. The molecule has 10 heteroatoms. The van der Waals surface area contributed by atoms with E-state index >= 15 is 0 Å². The normalized spacial score (nSPS) is 12.0. The zero-order valence-corrected chi connectivity index (χ0v) is 18.4. The van der Waals surface area contributed by atoms with Gasteiger partial charge >= 0.3 is 5.63 Å². The summed E-state index contributed by atoms with van der Waals surface area (Å²) in [6.45, 7) is 4.30. The topological polar surface area (TPSA) is 110 Å². The van der Waals surface area contributed by atoms with Crippen molar-refractivity contribution in [1.29, 1.82) is 0 Å². The van der Waals surface area contributed by atoms with Crippen LogP contribution in [-0.2, 0) is 10.0 Å². The highest BCUT2D eigenvalue weighted by atomic mass is 32.2. The molecule has 0 spiro atoms. The fraction of sp³-hybridized carbons (Fsp3) is 0.190. The molecule has 1 amide bonds. The molecule has 0 fully saturated rings. The van der Waals surface area contributed by atoms with Crippen LogP contribution in [0.4, 0.5) is 5.13 Å². The molecule has 2 heterocycles. The number of fused-ring (bicyclic) bond motifs is 2. The Balaban J connectivity index is 1.65. The van der Waals surface area contributed by atoms with Crippen LogP contribution in [0.15, 0.2) is 62.6 Å². The Kier molecular flexibility index (Phi) is 5.61. The van der Waals surface area contributed by atoms with E-state index in [1.807, 2.05) is 0 Å². The molecule has 0 aliphatic rings. The highest BCUT2D eigenvalue weighted by Gasteiger charge is 2.23. The summed E-state index contributed by atoms with van der Waals surface area (Å²) in [5.74, 6) is -0.644. The molecule has 4 rings (SSSR count). The number of aromatic nitrogens is 1. The third-order valence-corrected chi connectivity index (χ3v) is 7.79. The second-order valence-corrected chi connectivity index (χ2v) is 9.65. The first-order valence-corrected chi connectivity index (χ1v) is 11.8. The zero-order chi connectivity index (χ0) is 22.2. The number of sulfonamides is 1. The summed E-state index contributed by atoms with van der Waals surface area (Å²) in [6, 6.07) is 13.0. The second-order valence-electron chi connectivity index (χ2n) is 6.68. The molecule has 0 saturated heterocycles. The van der Waals surface area contributed by atoms with Crippen molar-refractivity contribution in [3.8, 4) is 0 Å². The van der Waals surface area contributed by atoms with Crippen molar-refractivity contribution in [2.45, 2.75) is 18.7 Å². The minimum atomic E-state index is -3.60. The smallest absolute Gasteiger partial charge is 0.349 e. The van der Waals surface area contributed by atoms with E-state index in [0.29, 0.717) is 34.3 Å². The average Bonchev–Trinajstić information content (AvgIpc) is 3.15. The quantitative estimate of drug-likeness (QED) is 0.442. The fourth-order valence-corrected chi connectivity index (χ4v) is 5.68. The summed E-state index contributed by atoms with van der Waals surface area (Å²) >= 11 is 1.13. The molecule has 160 valence electrons. The van der Waals surface area contributed by atoms with Gasteiger partial charge in [0.1, 0.15) is 11.1 Å². The maximum atomic E-state index is 12.7. The second kappa shape index (κ2) is 8.22. The van der Waals surface area contributed by atoms with E-state index in [1.54, 1.807) is 50.2 Å². The predicted octanol–water partition coefficient (Wildman–Crippen LogP) is 3.69. The number of carbonyl (C=O) groups is 1. The number of carbonyl (C=O) groups excluding carboxylic acids is 1. The maximum absolute atomic E-state index is 12.7. The number of para-hydroxylation sites is 1. The van der Waals surface area contributed by atoms with Gasteiger partial charge in [0.2, 0.25) is 10.0 Å². The van der Waals surface area contributed by atoms with Gasteiger partial charge in [-0.25, -0.2) is 18.2 Å². The van der Waals surface area contributed by atoms with Crippen LogP contribution < -0.4 is 10.9 Å². The first-order valence-electron chi connectivity index (χ1n) is 9.58. The minimum absolute atomic E-state index is 0.136. The number of hydrogen-bond donors (Lipinski definition) is 1. The highest BCUT2D eigenvalue weighted by Crippen LogP contribution is 2.29. The van der Waals surface area contributed by atoms with Crippen LogP contribution in [0.5, 0.6) is 0 Å². The Labute approximate surface area is 182 Å². The van der Waals surface area contributed by atoms with Crippen LogP contribution in [0, 0.1) is 0 Å². The molecule has 2 aromatic heterocycles. The van der Waals surface area contributed by atoms with Gasteiger partial charge in [-0.15, -0.1) is 0 Å². The number of rotatable bonds is 6. The first-order chi connectivity index (χ1) is 14.8. The van der Waals surface area contributed by atoms with Crippen molar-refractivity contribution in [3.63, 3.8) is 0 Å². The van der Waals surface area contributed by atoms with E-state index in [1.165, 1.54) is 16.4 Å². The number of nitrogens with one attached hydrogen (secondary N) is 1. The summed E-state index contributed by atoms with van der Waals surface area (Å²) in [7, 11) is -3.60. The van der Waals surface area contributed by atoms with Gasteiger partial charge in [0, 0.05) is 18.5 Å². The van der Waals surface area contributed by atoms with Gasteiger partial charge in [0.15, 0.2) is 5.13 Å². The van der Waals surface area contributed by atoms with Gasteiger partial charge in [-0.3, -0.25) is 10.1 Å². The Morgan fingerprint density at radius 1 is 1.13 bits per heavy atom. The monoisotopic (exact) mass is 457 g/mol. The van der Waals surface area contributed by atoms with Crippen LogP contribution in [-0.4, -0.2) is 36.7 Å². The fourth-order valence-electron chi connectivity index (χ4n) is 3.22. The summed E-state index contributed by atoms with van der Waals surface area (Å²) in [6.07, 6.45) is 0. The van der Waals surface area contributed by atoms with E-state index in [4.69, 9.17) is 4.42 Å². The van der Waals surface area contributed by atoms with Crippen molar-refractivity contribution >= 4 is 53.6 Å². The molecule has 0 atom stereocenters. The van der Waals surface area contributed by atoms with Crippen LogP contribution in [0.1, 0.15) is 24.2 Å². The highest BCUT2D eigenvalue weighted by molar-refractivity contribution is 7.89. The van der Waals surface area contributed by atoms with Crippen molar-refractivity contribution in [2.24, 2.45) is 0 Å². The zero-order valence-electron chi connectivity index (χ0n) is 16.8. The predicted molar refractivity (Wildman–Crippen MR) is 120 cm³/mol.